The first-order valence-electron chi connectivity index (χ1n) is 8.23. The lowest BCUT2D eigenvalue weighted by Crippen LogP contribution is -2.59. The van der Waals surface area contributed by atoms with Gasteiger partial charge < -0.3 is 9.64 Å². The van der Waals surface area contributed by atoms with Crippen molar-refractivity contribution in [1.29, 1.82) is 0 Å². The van der Waals surface area contributed by atoms with Crippen LogP contribution in [0, 0.1) is 5.92 Å². The highest BCUT2D eigenvalue weighted by atomic mass is 79.9. The number of hydrogen-bond donors (Lipinski definition) is 0. The van der Waals surface area contributed by atoms with E-state index in [9.17, 15) is 0 Å². The number of benzene rings is 1. The number of hydrogen-bond acceptors (Lipinski definition) is 2. The third-order valence-corrected chi connectivity index (χ3v) is 7.00. The van der Waals surface area contributed by atoms with Crippen LogP contribution in [0.25, 0.3) is 0 Å². The molecule has 21 heavy (non-hydrogen) atoms. The SMILES string of the molecule is COc1cc2c(cc1Br)CC1C3CCCC[C@@]23CCN1C. The highest BCUT2D eigenvalue weighted by Crippen LogP contribution is 2.56. The van der Waals surface area contributed by atoms with Gasteiger partial charge in [-0.3, -0.25) is 0 Å². The van der Waals surface area contributed by atoms with Gasteiger partial charge in [0.1, 0.15) is 5.75 Å². The van der Waals surface area contributed by atoms with Crippen molar-refractivity contribution in [3.8, 4) is 5.75 Å². The highest BCUT2D eigenvalue weighted by molar-refractivity contribution is 9.10. The van der Waals surface area contributed by atoms with Crippen LogP contribution in [0.15, 0.2) is 16.6 Å². The number of ether oxygens (including phenoxy) is 1. The molecule has 0 radical (unpaired) electrons. The molecule has 3 aliphatic rings. The van der Waals surface area contributed by atoms with Crippen molar-refractivity contribution in [2.24, 2.45) is 5.92 Å². The van der Waals surface area contributed by atoms with E-state index in [1.807, 2.05) is 0 Å². The monoisotopic (exact) mass is 349 g/mol. The molecule has 0 N–H and O–H groups in total. The maximum Gasteiger partial charge on any atom is 0.133 e. The zero-order chi connectivity index (χ0) is 14.6. The quantitative estimate of drug-likeness (QED) is 0.755. The van der Waals surface area contributed by atoms with Crippen molar-refractivity contribution in [2.75, 3.05) is 20.7 Å². The summed E-state index contributed by atoms with van der Waals surface area (Å²) in [5.41, 5.74) is 3.59. The molecule has 1 heterocycles. The summed E-state index contributed by atoms with van der Waals surface area (Å²) in [6.07, 6.45) is 8.13. The van der Waals surface area contributed by atoms with E-state index in [4.69, 9.17) is 4.74 Å². The number of nitrogens with zero attached hydrogens (tertiary/aromatic N) is 1. The Bertz CT molecular complexity index is 573. The van der Waals surface area contributed by atoms with Crippen molar-refractivity contribution >= 4 is 15.9 Å². The molecule has 0 amide bonds. The lowest BCUT2D eigenvalue weighted by Gasteiger charge is -2.58. The first-order chi connectivity index (χ1) is 10.2. The predicted octanol–water partition coefficient (Wildman–Crippen LogP) is 4.15. The largest absolute Gasteiger partial charge is 0.496 e. The van der Waals surface area contributed by atoms with E-state index >= 15 is 0 Å². The lowest BCUT2D eigenvalue weighted by molar-refractivity contribution is 0.00271. The first-order valence-corrected chi connectivity index (χ1v) is 9.02. The van der Waals surface area contributed by atoms with Crippen molar-refractivity contribution in [3.05, 3.63) is 27.7 Å². The van der Waals surface area contributed by atoms with Gasteiger partial charge in [-0.15, -0.1) is 0 Å². The minimum atomic E-state index is 0.428. The fourth-order valence-corrected chi connectivity index (χ4v) is 5.91. The fourth-order valence-electron chi connectivity index (χ4n) is 5.36. The Morgan fingerprint density at radius 2 is 2.14 bits per heavy atom. The summed E-state index contributed by atoms with van der Waals surface area (Å²) in [4.78, 5) is 2.62. The van der Waals surface area contributed by atoms with Crippen molar-refractivity contribution < 1.29 is 4.74 Å². The van der Waals surface area contributed by atoms with Gasteiger partial charge in [-0.25, -0.2) is 0 Å². The van der Waals surface area contributed by atoms with Gasteiger partial charge in [-0.2, -0.15) is 0 Å². The minimum absolute atomic E-state index is 0.428. The first kappa shape index (κ1) is 14.1. The molecule has 3 atom stereocenters. The second-order valence-electron chi connectivity index (χ2n) is 7.15. The van der Waals surface area contributed by atoms with Gasteiger partial charge in [0.15, 0.2) is 0 Å². The van der Waals surface area contributed by atoms with Gasteiger partial charge in [-0.1, -0.05) is 12.8 Å². The molecule has 1 saturated heterocycles. The third-order valence-electron chi connectivity index (χ3n) is 6.38. The summed E-state index contributed by atoms with van der Waals surface area (Å²) in [5, 5.41) is 0. The Morgan fingerprint density at radius 1 is 1.29 bits per heavy atom. The summed E-state index contributed by atoms with van der Waals surface area (Å²) >= 11 is 3.68. The fraction of sp³-hybridized carbons (Fsp3) is 0.667. The van der Waals surface area contributed by atoms with Crippen LogP contribution in [0.1, 0.15) is 43.2 Å². The maximum atomic E-state index is 5.59. The van der Waals surface area contributed by atoms with Crippen LogP contribution < -0.4 is 4.74 Å². The molecule has 1 aromatic carbocycles. The number of fused-ring (bicyclic) bond motifs is 1. The van der Waals surface area contributed by atoms with Gasteiger partial charge in [0.25, 0.3) is 0 Å². The smallest absolute Gasteiger partial charge is 0.133 e. The van der Waals surface area contributed by atoms with E-state index in [0.29, 0.717) is 5.41 Å². The van der Waals surface area contributed by atoms with Crippen LogP contribution in [0.3, 0.4) is 0 Å². The number of likely N-dealkylation sites (N-methyl/N-ethyl adjacent to an activating group) is 1. The van der Waals surface area contributed by atoms with Gasteiger partial charge in [0.2, 0.25) is 0 Å². The molecular weight excluding hydrogens is 326 g/mol. The van der Waals surface area contributed by atoms with Crippen molar-refractivity contribution in [1.82, 2.24) is 4.90 Å². The van der Waals surface area contributed by atoms with Crippen LogP contribution in [0.4, 0.5) is 0 Å². The number of methoxy groups -OCH3 is 1. The molecule has 1 saturated carbocycles. The number of halogens is 1. The zero-order valence-electron chi connectivity index (χ0n) is 13.0. The molecule has 3 heteroatoms. The zero-order valence-corrected chi connectivity index (χ0v) is 14.6. The van der Waals surface area contributed by atoms with E-state index in [1.54, 1.807) is 18.2 Å². The molecule has 0 spiro atoms. The summed E-state index contributed by atoms with van der Waals surface area (Å²) in [5.74, 6) is 1.85. The Balaban J connectivity index is 1.90. The molecule has 1 aromatic rings. The normalized spacial score (nSPS) is 35.0. The van der Waals surface area contributed by atoms with Crippen LogP contribution in [-0.2, 0) is 11.8 Å². The topological polar surface area (TPSA) is 12.5 Å². The number of rotatable bonds is 1. The van der Waals surface area contributed by atoms with Gasteiger partial charge in [-0.05, 0) is 84.4 Å². The second-order valence-corrected chi connectivity index (χ2v) is 8.01. The third kappa shape index (κ3) is 1.93. The summed E-state index contributed by atoms with van der Waals surface area (Å²) in [6, 6.07) is 5.42. The van der Waals surface area contributed by atoms with E-state index in [0.717, 1.165) is 22.2 Å². The average molecular weight is 350 g/mol. The summed E-state index contributed by atoms with van der Waals surface area (Å²) < 4.78 is 6.70. The minimum Gasteiger partial charge on any atom is -0.496 e. The molecule has 2 nitrogen and oxygen atoms in total. The molecule has 2 unspecified atom stereocenters. The molecule has 114 valence electrons. The van der Waals surface area contributed by atoms with E-state index in [1.165, 1.54) is 45.1 Å². The van der Waals surface area contributed by atoms with Gasteiger partial charge in [0, 0.05) is 11.5 Å². The van der Waals surface area contributed by atoms with Crippen LogP contribution in [0.2, 0.25) is 0 Å². The Hall–Kier alpha value is -0.540. The van der Waals surface area contributed by atoms with Gasteiger partial charge >= 0.3 is 0 Å². The lowest BCUT2D eigenvalue weighted by atomic mass is 9.52. The standard InChI is InChI=1S/C18H24BrNO/c1-20-8-7-18-6-4-3-5-13(18)16(20)10-12-9-15(19)17(21-2)11-14(12)18/h9,11,13,16H,3-8,10H2,1-2H3/t13?,16?,18-/m0/s1. The van der Waals surface area contributed by atoms with Crippen LogP contribution in [-0.4, -0.2) is 31.6 Å². The van der Waals surface area contributed by atoms with Crippen molar-refractivity contribution in [2.45, 2.75) is 50.0 Å². The molecular formula is C18H24BrNO. The van der Waals surface area contributed by atoms with E-state index in [-0.39, 0.29) is 0 Å². The summed E-state index contributed by atoms with van der Waals surface area (Å²) in [7, 11) is 4.11. The van der Waals surface area contributed by atoms with E-state index in [2.05, 4.69) is 40.0 Å². The molecule has 4 rings (SSSR count). The Morgan fingerprint density at radius 3 is 2.95 bits per heavy atom. The molecule has 2 bridgehead atoms. The average Bonchev–Trinajstić information content (AvgIpc) is 2.50. The Kier molecular flexibility index (Phi) is 3.34. The second kappa shape index (κ2) is 4.99. The molecule has 1 aliphatic heterocycles. The van der Waals surface area contributed by atoms with Gasteiger partial charge in [0.05, 0.1) is 11.6 Å². The highest BCUT2D eigenvalue weighted by Gasteiger charge is 2.53. The number of likely N-dealkylation sites (tertiary alicyclic amines) is 1. The van der Waals surface area contributed by atoms with Crippen LogP contribution >= 0.6 is 15.9 Å². The van der Waals surface area contributed by atoms with Crippen molar-refractivity contribution in [3.63, 3.8) is 0 Å². The molecule has 0 aromatic heterocycles. The van der Waals surface area contributed by atoms with E-state index < -0.39 is 0 Å². The molecule has 2 fully saturated rings. The predicted molar refractivity (Wildman–Crippen MR) is 89.1 cm³/mol. The molecule has 2 aliphatic carbocycles. The Labute approximate surface area is 136 Å². The maximum absolute atomic E-state index is 5.59. The number of piperidine rings is 1. The van der Waals surface area contributed by atoms with Crippen LogP contribution in [0.5, 0.6) is 5.75 Å². The summed E-state index contributed by atoms with van der Waals surface area (Å²) in [6.45, 7) is 1.25.